The fraction of sp³-hybridized carbons (Fsp3) is 0.593. The number of hydrogen-bond acceptors (Lipinski definition) is 9. The summed E-state index contributed by atoms with van der Waals surface area (Å²) in [6, 6.07) is 7.17. The Morgan fingerprint density at radius 1 is 1.00 bits per heavy atom. The number of piperidine rings is 1. The van der Waals surface area contributed by atoms with Crippen molar-refractivity contribution in [1.29, 1.82) is 0 Å². The van der Waals surface area contributed by atoms with Crippen LogP contribution >= 0.6 is 0 Å². The van der Waals surface area contributed by atoms with Crippen LogP contribution in [0.1, 0.15) is 36.3 Å². The van der Waals surface area contributed by atoms with Crippen LogP contribution in [-0.4, -0.2) is 102 Å². The maximum absolute atomic E-state index is 9.88. The number of hydrogen-bond donors (Lipinski definition) is 1. The lowest BCUT2D eigenvalue weighted by molar-refractivity contribution is 0.0722. The highest BCUT2D eigenvalue weighted by Crippen LogP contribution is 2.35. The number of ether oxygens (including phenoxy) is 3. The van der Waals surface area contributed by atoms with Crippen molar-refractivity contribution >= 4 is 16.7 Å². The van der Waals surface area contributed by atoms with E-state index in [4.69, 9.17) is 19.3 Å². The Morgan fingerprint density at radius 2 is 1.81 bits per heavy atom. The Labute approximate surface area is 217 Å². The van der Waals surface area contributed by atoms with Crippen LogP contribution < -0.4 is 9.64 Å². The Bertz CT molecular complexity index is 1240. The first-order valence-corrected chi connectivity index (χ1v) is 13.3. The SMILES string of the molecule is COc1nc(N2CCOC[C@H]2CO)cc(-n2ncc3cc(C)c(C4CCN(C5CCOC5)CC4)cc32)n1. The molecule has 3 aliphatic heterocycles. The summed E-state index contributed by atoms with van der Waals surface area (Å²) in [7, 11) is 1.57. The van der Waals surface area contributed by atoms with Crippen molar-refractivity contribution in [2.24, 2.45) is 0 Å². The van der Waals surface area contributed by atoms with Crippen molar-refractivity contribution in [3.05, 3.63) is 35.5 Å². The molecule has 1 N–H and O–H groups in total. The number of aliphatic hydroxyl groups is 1. The van der Waals surface area contributed by atoms with Gasteiger partial charge in [-0.15, -0.1) is 0 Å². The van der Waals surface area contributed by atoms with Crippen LogP contribution in [0.3, 0.4) is 0 Å². The van der Waals surface area contributed by atoms with Gasteiger partial charge >= 0.3 is 6.01 Å². The largest absolute Gasteiger partial charge is 0.467 e. The van der Waals surface area contributed by atoms with Crippen LogP contribution in [0.5, 0.6) is 6.01 Å². The molecule has 0 amide bonds. The number of methoxy groups -OCH3 is 1. The van der Waals surface area contributed by atoms with E-state index in [1.807, 2.05) is 16.9 Å². The third-order valence-corrected chi connectivity index (χ3v) is 8.16. The summed E-state index contributed by atoms with van der Waals surface area (Å²) in [5.74, 6) is 1.87. The number of aromatic nitrogens is 4. The van der Waals surface area contributed by atoms with E-state index >= 15 is 0 Å². The minimum absolute atomic E-state index is 0.0123. The molecular weight excluding hydrogens is 472 g/mol. The van der Waals surface area contributed by atoms with E-state index in [0.717, 1.165) is 56.5 Å². The number of fused-ring (bicyclic) bond motifs is 1. The van der Waals surface area contributed by atoms with Crippen LogP contribution in [0.15, 0.2) is 24.4 Å². The molecule has 5 heterocycles. The van der Waals surface area contributed by atoms with Gasteiger partial charge in [-0.25, -0.2) is 4.68 Å². The molecule has 10 nitrogen and oxygen atoms in total. The molecule has 0 saturated carbocycles. The van der Waals surface area contributed by atoms with Crippen molar-refractivity contribution in [2.75, 3.05) is 64.7 Å². The van der Waals surface area contributed by atoms with Crippen molar-refractivity contribution in [3.8, 4) is 11.8 Å². The zero-order chi connectivity index (χ0) is 25.4. The highest BCUT2D eigenvalue weighted by Gasteiger charge is 2.29. The second kappa shape index (κ2) is 10.5. The van der Waals surface area contributed by atoms with Crippen molar-refractivity contribution in [2.45, 2.75) is 44.2 Å². The molecule has 198 valence electrons. The van der Waals surface area contributed by atoms with Gasteiger partial charge in [0.15, 0.2) is 5.82 Å². The fourth-order valence-electron chi connectivity index (χ4n) is 6.07. The first kappa shape index (κ1) is 24.5. The van der Waals surface area contributed by atoms with Crippen LogP contribution in [0.25, 0.3) is 16.7 Å². The number of benzene rings is 1. The number of aliphatic hydroxyl groups excluding tert-OH is 1. The average molecular weight is 509 g/mol. The van der Waals surface area contributed by atoms with Gasteiger partial charge in [0.2, 0.25) is 0 Å². The molecule has 0 spiro atoms. The Hall–Kier alpha value is -2.79. The van der Waals surface area contributed by atoms with Crippen LogP contribution in [0.4, 0.5) is 5.82 Å². The molecular formula is C27H36N6O4. The van der Waals surface area contributed by atoms with Gasteiger partial charge in [0, 0.05) is 30.6 Å². The third-order valence-electron chi connectivity index (χ3n) is 8.16. The van der Waals surface area contributed by atoms with E-state index in [1.165, 1.54) is 11.1 Å². The Kier molecular flexibility index (Phi) is 6.98. The van der Waals surface area contributed by atoms with E-state index in [1.54, 1.807) is 7.11 Å². The fourth-order valence-corrected chi connectivity index (χ4v) is 6.07. The number of anilines is 1. The molecule has 2 aromatic heterocycles. The standard InChI is InChI=1S/C27H36N6O4/c1-18-11-20-14-28-33(24(20)12-23(18)19-3-6-31(7-4-19)21-5-9-36-16-21)26-13-25(29-27(30-26)35-2)32-8-10-37-17-22(32)15-34/h11-14,19,21-22,34H,3-10,15-17H2,1-2H3/t21?,22-/m1/s1. The topological polar surface area (TPSA) is 98.0 Å². The molecule has 3 aliphatic rings. The lowest BCUT2D eigenvalue weighted by Gasteiger charge is -2.36. The first-order valence-electron chi connectivity index (χ1n) is 13.3. The van der Waals surface area contributed by atoms with Crippen molar-refractivity contribution < 1.29 is 19.3 Å². The zero-order valence-corrected chi connectivity index (χ0v) is 21.7. The maximum Gasteiger partial charge on any atom is 0.320 e. The molecule has 0 aliphatic carbocycles. The molecule has 6 rings (SSSR count). The van der Waals surface area contributed by atoms with Crippen LogP contribution in [0, 0.1) is 6.92 Å². The minimum Gasteiger partial charge on any atom is -0.467 e. The van der Waals surface area contributed by atoms with Gasteiger partial charge in [0.25, 0.3) is 0 Å². The summed E-state index contributed by atoms with van der Waals surface area (Å²) < 4.78 is 18.5. The summed E-state index contributed by atoms with van der Waals surface area (Å²) in [4.78, 5) is 13.9. The number of likely N-dealkylation sites (tertiary alicyclic amines) is 1. The van der Waals surface area contributed by atoms with E-state index < -0.39 is 0 Å². The van der Waals surface area contributed by atoms with Gasteiger partial charge in [-0.1, -0.05) is 0 Å². The van der Waals surface area contributed by atoms with Crippen molar-refractivity contribution in [1.82, 2.24) is 24.6 Å². The summed E-state index contributed by atoms with van der Waals surface area (Å²) in [6.45, 7) is 7.88. The molecule has 1 unspecified atom stereocenters. The van der Waals surface area contributed by atoms with E-state index in [-0.39, 0.29) is 18.7 Å². The highest BCUT2D eigenvalue weighted by molar-refractivity contribution is 5.82. The molecule has 0 bridgehead atoms. The second-order valence-electron chi connectivity index (χ2n) is 10.3. The van der Waals surface area contributed by atoms with E-state index in [9.17, 15) is 5.11 Å². The summed E-state index contributed by atoms with van der Waals surface area (Å²) in [5, 5.41) is 15.7. The van der Waals surface area contributed by atoms with Crippen LogP contribution in [0.2, 0.25) is 0 Å². The molecule has 0 radical (unpaired) electrons. The molecule has 3 saturated heterocycles. The molecule has 3 aromatic rings. The zero-order valence-electron chi connectivity index (χ0n) is 21.7. The predicted octanol–water partition coefficient (Wildman–Crippen LogP) is 2.30. The first-order chi connectivity index (χ1) is 18.1. The van der Waals surface area contributed by atoms with Gasteiger partial charge in [-0.2, -0.15) is 15.1 Å². The highest BCUT2D eigenvalue weighted by atomic mass is 16.5. The smallest absolute Gasteiger partial charge is 0.320 e. The summed E-state index contributed by atoms with van der Waals surface area (Å²) in [5.41, 5.74) is 3.74. The van der Waals surface area contributed by atoms with Gasteiger partial charge in [-0.05, 0) is 68.5 Å². The molecule has 10 heteroatoms. The maximum atomic E-state index is 9.88. The van der Waals surface area contributed by atoms with Crippen LogP contribution in [-0.2, 0) is 9.47 Å². The number of aryl methyl sites for hydroxylation is 1. The molecule has 37 heavy (non-hydrogen) atoms. The normalized spacial score (nSPS) is 23.7. The lowest BCUT2D eigenvalue weighted by atomic mass is 9.86. The monoisotopic (exact) mass is 508 g/mol. The van der Waals surface area contributed by atoms with Gasteiger partial charge in [-0.3, -0.25) is 4.90 Å². The second-order valence-corrected chi connectivity index (χ2v) is 10.3. The Balaban J connectivity index is 1.32. The molecule has 3 fully saturated rings. The number of nitrogens with zero attached hydrogens (tertiary/aromatic N) is 6. The summed E-state index contributed by atoms with van der Waals surface area (Å²) in [6.07, 6.45) is 5.36. The number of rotatable bonds is 6. The Morgan fingerprint density at radius 3 is 2.57 bits per heavy atom. The quantitative estimate of drug-likeness (QED) is 0.538. The predicted molar refractivity (Wildman–Crippen MR) is 140 cm³/mol. The van der Waals surface area contributed by atoms with Gasteiger partial charge < -0.3 is 24.2 Å². The lowest BCUT2D eigenvalue weighted by Crippen LogP contribution is -2.48. The molecule has 2 atom stereocenters. The minimum atomic E-state index is -0.161. The molecule has 1 aromatic carbocycles. The van der Waals surface area contributed by atoms with E-state index in [2.05, 4.69) is 38.8 Å². The third kappa shape index (κ3) is 4.79. The van der Waals surface area contributed by atoms with Gasteiger partial charge in [0.05, 0.1) is 51.3 Å². The average Bonchev–Trinajstić information content (AvgIpc) is 3.63. The van der Waals surface area contributed by atoms with Crippen molar-refractivity contribution in [3.63, 3.8) is 0 Å². The van der Waals surface area contributed by atoms with Gasteiger partial charge in [0.1, 0.15) is 5.82 Å². The van der Waals surface area contributed by atoms with E-state index in [0.29, 0.717) is 43.4 Å². The summed E-state index contributed by atoms with van der Waals surface area (Å²) >= 11 is 0. The number of morpholine rings is 1.